The Balaban J connectivity index is 1.87. The Kier molecular flexibility index (Phi) is 8.71. The van der Waals surface area contributed by atoms with E-state index in [1.165, 1.54) is 16.7 Å². The Morgan fingerprint density at radius 3 is 2.82 bits per heavy atom. The molecule has 33 heavy (non-hydrogen) atoms. The van der Waals surface area contributed by atoms with Crippen LogP contribution in [0.2, 0.25) is 0 Å². The normalized spacial score (nSPS) is 15.9. The lowest BCUT2D eigenvalue weighted by molar-refractivity contribution is 0.204. The standard InChI is InChI=1S/C31H34O2/c1-6-10-14-23(5)32-20-12-17-24(13-7-2)25-15-11-16-26(21-25)27-18-19-31-29(22-27)28(8-3)30(9-4)33-31/h7-10,12-15,17-23H,3-4,6,11,16H2,1-2,5H3/b13-7+,14-10-,20-12+,24-17+. The van der Waals surface area contributed by atoms with Crippen molar-refractivity contribution in [2.24, 2.45) is 0 Å². The zero-order valence-corrected chi connectivity index (χ0v) is 20.0. The largest absolute Gasteiger partial charge is 0.494 e. The predicted octanol–water partition coefficient (Wildman–Crippen LogP) is 9.21. The molecule has 1 aromatic heterocycles. The fourth-order valence-corrected chi connectivity index (χ4v) is 3.94. The van der Waals surface area contributed by atoms with Crippen LogP contribution in [0.3, 0.4) is 0 Å². The Bertz CT molecular complexity index is 1170. The zero-order valence-electron chi connectivity index (χ0n) is 20.0. The average Bonchev–Trinajstić information content (AvgIpc) is 3.21. The van der Waals surface area contributed by atoms with Crippen molar-refractivity contribution in [3.63, 3.8) is 0 Å². The number of fused-ring (bicyclic) bond motifs is 1. The number of hydrogen-bond donors (Lipinski definition) is 0. The maximum atomic E-state index is 5.90. The maximum absolute atomic E-state index is 5.90. The van der Waals surface area contributed by atoms with Gasteiger partial charge in [-0.1, -0.05) is 68.7 Å². The second-order valence-electron chi connectivity index (χ2n) is 8.00. The van der Waals surface area contributed by atoms with Crippen molar-refractivity contribution >= 4 is 28.7 Å². The molecule has 0 bridgehead atoms. The van der Waals surface area contributed by atoms with Crippen LogP contribution in [0.4, 0.5) is 0 Å². The molecule has 3 rings (SSSR count). The number of furan rings is 1. The number of hydrogen-bond acceptors (Lipinski definition) is 2. The molecule has 1 unspecified atom stereocenters. The van der Waals surface area contributed by atoms with Crippen molar-refractivity contribution < 1.29 is 9.15 Å². The summed E-state index contributed by atoms with van der Waals surface area (Å²) in [5.74, 6) is 0.766. The van der Waals surface area contributed by atoms with E-state index in [0.717, 1.165) is 47.1 Å². The molecule has 0 saturated heterocycles. The minimum atomic E-state index is 0.0695. The third kappa shape index (κ3) is 6.04. The summed E-state index contributed by atoms with van der Waals surface area (Å²) in [5, 5.41) is 1.07. The molecule has 0 fully saturated rings. The van der Waals surface area contributed by atoms with Gasteiger partial charge in [-0.15, -0.1) is 0 Å². The van der Waals surface area contributed by atoms with E-state index in [1.807, 2.05) is 32.1 Å². The summed E-state index contributed by atoms with van der Waals surface area (Å²) in [6.45, 7) is 14.0. The lowest BCUT2D eigenvalue weighted by Crippen LogP contribution is -1.98. The molecule has 1 heterocycles. The molecule has 1 aromatic carbocycles. The molecule has 0 amide bonds. The van der Waals surface area contributed by atoms with Crippen LogP contribution in [-0.4, -0.2) is 6.10 Å². The highest BCUT2D eigenvalue weighted by molar-refractivity contribution is 5.93. The van der Waals surface area contributed by atoms with Crippen LogP contribution < -0.4 is 0 Å². The number of benzene rings is 1. The predicted molar refractivity (Wildman–Crippen MR) is 144 cm³/mol. The summed E-state index contributed by atoms with van der Waals surface area (Å²) in [6.07, 6.45) is 25.5. The summed E-state index contributed by atoms with van der Waals surface area (Å²) in [7, 11) is 0. The number of ether oxygens (including phenoxy) is 1. The van der Waals surface area contributed by atoms with Crippen LogP contribution in [0.1, 0.15) is 56.9 Å². The van der Waals surface area contributed by atoms with Gasteiger partial charge in [0.2, 0.25) is 0 Å². The van der Waals surface area contributed by atoms with E-state index in [9.17, 15) is 0 Å². The minimum absolute atomic E-state index is 0.0695. The third-order valence-corrected chi connectivity index (χ3v) is 5.59. The lowest BCUT2D eigenvalue weighted by atomic mass is 9.89. The van der Waals surface area contributed by atoms with Gasteiger partial charge in [-0.2, -0.15) is 0 Å². The number of allylic oxidation sites excluding steroid dienone is 10. The van der Waals surface area contributed by atoms with Gasteiger partial charge in [0.05, 0.1) is 6.26 Å². The van der Waals surface area contributed by atoms with Gasteiger partial charge in [-0.3, -0.25) is 0 Å². The topological polar surface area (TPSA) is 22.4 Å². The van der Waals surface area contributed by atoms with Gasteiger partial charge in [0, 0.05) is 10.9 Å². The molecule has 2 heteroatoms. The molecular weight excluding hydrogens is 404 g/mol. The Labute approximate surface area is 198 Å². The van der Waals surface area contributed by atoms with Gasteiger partial charge >= 0.3 is 0 Å². The first-order valence-corrected chi connectivity index (χ1v) is 11.7. The van der Waals surface area contributed by atoms with E-state index in [1.54, 1.807) is 12.3 Å². The van der Waals surface area contributed by atoms with E-state index < -0.39 is 0 Å². The fraction of sp³-hybridized carbons (Fsp3) is 0.226. The maximum Gasteiger partial charge on any atom is 0.135 e. The van der Waals surface area contributed by atoms with Gasteiger partial charge < -0.3 is 9.15 Å². The Hall–Kier alpha value is -3.52. The Morgan fingerprint density at radius 2 is 2.09 bits per heavy atom. The summed E-state index contributed by atoms with van der Waals surface area (Å²) >= 11 is 0. The van der Waals surface area contributed by atoms with E-state index in [-0.39, 0.29) is 6.10 Å². The molecule has 1 aliphatic rings. The van der Waals surface area contributed by atoms with Crippen LogP contribution in [0.15, 0.2) is 102 Å². The van der Waals surface area contributed by atoms with Gasteiger partial charge in [0.15, 0.2) is 0 Å². The molecular formula is C31H34O2. The zero-order chi connectivity index (χ0) is 23.6. The summed E-state index contributed by atoms with van der Waals surface area (Å²) in [6, 6.07) is 6.38. The Morgan fingerprint density at radius 1 is 1.24 bits per heavy atom. The first kappa shape index (κ1) is 24.1. The van der Waals surface area contributed by atoms with Crippen LogP contribution in [-0.2, 0) is 4.74 Å². The lowest BCUT2D eigenvalue weighted by Gasteiger charge is -2.15. The third-order valence-electron chi connectivity index (χ3n) is 5.59. The van der Waals surface area contributed by atoms with Crippen LogP contribution in [0.5, 0.6) is 0 Å². The molecule has 0 aliphatic heterocycles. The highest BCUT2D eigenvalue weighted by Gasteiger charge is 2.14. The van der Waals surface area contributed by atoms with Crippen molar-refractivity contribution in [2.75, 3.05) is 0 Å². The smallest absolute Gasteiger partial charge is 0.135 e. The first-order chi connectivity index (χ1) is 16.1. The molecule has 0 spiro atoms. The summed E-state index contributed by atoms with van der Waals surface area (Å²) in [5.41, 5.74) is 6.77. The van der Waals surface area contributed by atoms with Crippen molar-refractivity contribution in [1.82, 2.24) is 0 Å². The number of rotatable bonds is 10. The van der Waals surface area contributed by atoms with Crippen molar-refractivity contribution in [1.29, 1.82) is 0 Å². The van der Waals surface area contributed by atoms with E-state index in [2.05, 4.69) is 74.7 Å². The molecule has 2 aromatic rings. The van der Waals surface area contributed by atoms with E-state index in [0.29, 0.717) is 0 Å². The van der Waals surface area contributed by atoms with Crippen molar-refractivity contribution in [3.05, 3.63) is 114 Å². The van der Waals surface area contributed by atoms with Gasteiger partial charge in [0.25, 0.3) is 0 Å². The SMILES string of the molecule is C=Cc1oc2ccc(C3=CC(C(/C=C/C)=C/C=C/OC(C)/C=C\CC)=CCC3)cc2c1C=C. The molecule has 0 saturated carbocycles. The molecule has 0 radical (unpaired) electrons. The average molecular weight is 439 g/mol. The highest BCUT2D eigenvalue weighted by Crippen LogP contribution is 2.34. The van der Waals surface area contributed by atoms with Crippen molar-refractivity contribution in [3.8, 4) is 0 Å². The second-order valence-corrected chi connectivity index (χ2v) is 8.00. The van der Waals surface area contributed by atoms with Crippen molar-refractivity contribution in [2.45, 2.75) is 46.1 Å². The molecule has 0 N–H and O–H groups in total. The van der Waals surface area contributed by atoms with E-state index >= 15 is 0 Å². The molecule has 170 valence electrons. The first-order valence-electron chi connectivity index (χ1n) is 11.7. The summed E-state index contributed by atoms with van der Waals surface area (Å²) < 4.78 is 11.6. The second kappa shape index (κ2) is 11.9. The fourth-order valence-electron chi connectivity index (χ4n) is 3.94. The summed E-state index contributed by atoms with van der Waals surface area (Å²) in [4.78, 5) is 0. The quantitative estimate of drug-likeness (QED) is 0.209. The highest BCUT2D eigenvalue weighted by atomic mass is 16.5. The van der Waals surface area contributed by atoms with Gasteiger partial charge in [-0.05, 0) is 85.8 Å². The molecule has 1 atom stereocenters. The van der Waals surface area contributed by atoms with Crippen LogP contribution in [0.25, 0.3) is 28.7 Å². The molecule has 2 nitrogen and oxygen atoms in total. The molecule has 1 aliphatic carbocycles. The van der Waals surface area contributed by atoms with E-state index in [4.69, 9.17) is 9.15 Å². The van der Waals surface area contributed by atoms with Crippen LogP contribution in [0, 0.1) is 0 Å². The van der Waals surface area contributed by atoms with Gasteiger partial charge in [-0.25, -0.2) is 0 Å². The van der Waals surface area contributed by atoms with Crippen LogP contribution >= 0.6 is 0 Å². The van der Waals surface area contributed by atoms with Gasteiger partial charge in [0.1, 0.15) is 17.4 Å². The monoisotopic (exact) mass is 438 g/mol. The minimum Gasteiger partial charge on any atom is -0.494 e.